The molecule has 19 heavy (non-hydrogen) atoms. The van der Waals surface area contributed by atoms with Gasteiger partial charge < -0.3 is 5.32 Å². The molecule has 2 aromatic rings. The molecule has 0 fully saturated rings. The molecule has 1 nitrogen and oxygen atoms in total. The lowest BCUT2D eigenvalue weighted by Crippen LogP contribution is -2.11. The zero-order chi connectivity index (χ0) is 13.8. The van der Waals surface area contributed by atoms with E-state index in [-0.39, 0.29) is 0 Å². The van der Waals surface area contributed by atoms with Crippen molar-refractivity contribution in [2.24, 2.45) is 0 Å². The van der Waals surface area contributed by atoms with Gasteiger partial charge in [-0.15, -0.1) is 0 Å². The van der Waals surface area contributed by atoms with Crippen molar-refractivity contribution in [2.45, 2.75) is 27.3 Å². The molecule has 0 aromatic heterocycles. The molecule has 0 aliphatic heterocycles. The molecule has 0 amide bonds. The SMILES string of the molecule is CCNCc1cccc(-c2cc(C)c(C)cc2Cl)c1. The van der Waals surface area contributed by atoms with Gasteiger partial charge in [-0.25, -0.2) is 0 Å². The van der Waals surface area contributed by atoms with Crippen LogP contribution in [0.25, 0.3) is 11.1 Å². The van der Waals surface area contributed by atoms with Crippen molar-refractivity contribution in [2.75, 3.05) is 6.54 Å². The molecule has 0 radical (unpaired) electrons. The maximum absolute atomic E-state index is 6.38. The molecular weight excluding hydrogens is 254 g/mol. The molecule has 0 unspecified atom stereocenters. The summed E-state index contributed by atoms with van der Waals surface area (Å²) in [4.78, 5) is 0. The highest BCUT2D eigenvalue weighted by molar-refractivity contribution is 6.33. The fourth-order valence-corrected chi connectivity index (χ4v) is 2.45. The first-order chi connectivity index (χ1) is 9.11. The molecule has 0 bridgehead atoms. The van der Waals surface area contributed by atoms with Gasteiger partial charge in [-0.3, -0.25) is 0 Å². The molecule has 2 heteroatoms. The van der Waals surface area contributed by atoms with Crippen molar-refractivity contribution < 1.29 is 0 Å². The predicted octanol–water partition coefficient (Wildman–Crippen LogP) is 4.73. The van der Waals surface area contributed by atoms with Crippen molar-refractivity contribution in [3.05, 3.63) is 58.1 Å². The normalized spacial score (nSPS) is 10.7. The number of nitrogens with one attached hydrogen (secondary N) is 1. The van der Waals surface area contributed by atoms with E-state index in [0.29, 0.717) is 0 Å². The molecule has 1 N–H and O–H groups in total. The second kappa shape index (κ2) is 6.23. The van der Waals surface area contributed by atoms with E-state index in [1.54, 1.807) is 0 Å². The summed E-state index contributed by atoms with van der Waals surface area (Å²) in [7, 11) is 0. The smallest absolute Gasteiger partial charge is 0.0487 e. The van der Waals surface area contributed by atoms with E-state index >= 15 is 0 Å². The second-order valence-corrected chi connectivity index (χ2v) is 5.30. The zero-order valence-electron chi connectivity index (χ0n) is 11.8. The number of aryl methyl sites for hydroxylation is 2. The van der Waals surface area contributed by atoms with Gasteiger partial charge in [0.05, 0.1) is 0 Å². The van der Waals surface area contributed by atoms with Crippen LogP contribution in [-0.4, -0.2) is 6.54 Å². The quantitative estimate of drug-likeness (QED) is 0.849. The van der Waals surface area contributed by atoms with Gasteiger partial charge in [0.15, 0.2) is 0 Å². The summed E-state index contributed by atoms with van der Waals surface area (Å²) in [6.45, 7) is 8.20. The lowest BCUT2D eigenvalue weighted by molar-refractivity contribution is 0.727. The van der Waals surface area contributed by atoms with E-state index in [0.717, 1.165) is 23.7 Å². The van der Waals surface area contributed by atoms with Gasteiger partial charge in [0.2, 0.25) is 0 Å². The number of rotatable bonds is 4. The van der Waals surface area contributed by atoms with Crippen LogP contribution in [0.15, 0.2) is 36.4 Å². The van der Waals surface area contributed by atoms with Crippen LogP contribution < -0.4 is 5.32 Å². The van der Waals surface area contributed by atoms with Crippen molar-refractivity contribution in [1.29, 1.82) is 0 Å². The highest BCUT2D eigenvalue weighted by atomic mass is 35.5. The van der Waals surface area contributed by atoms with Crippen LogP contribution in [0, 0.1) is 13.8 Å². The molecule has 100 valence electrons. The topological polar surface area (TPSA) is 12.0 Å². The van der Waals surface area contributed by atoms with Gasteiger partial charge in [-0.2, -0.15) is 0 Å². The Labute approximate surface area is 120 Å². The average Bonchev–Trinajstić information content (AvgIpc) is 2.41. The summed E-state index contributed by atoms with van der Waals surface area (Å²) >= 11 is 6.38. The fraction of sp³-hybridized carbons (Fsp3) is 0.294. The summed E-state index contributed by atoms with van der Waals surface area (Å²) in [5, 5.41) is 4.17. The Kier molecular flexibility index (Phi) is 4.62. The van der Waals surface area contributed by atoms with E-state index < -0.39 is 0 Å². The van der Waals surface area contributed by atoms with Crippen LogP contribution in [0.4, 0.5) is 0 Å². The van der Waals surface area contributed by atoms with Gasteiger partial charge in [0.25, 0.3) is 0 Å². The first-order valence-electron chi connectivity index (χ1n) is 6.68. The largest absolute Gasteiger partial charge is 0.313 e. The van der Waals surface area contributed by atoms with Crippen LogP contribution in [0.1, 0.15) is 23.6 Å². The van der Waals surface area contributed by atoms with Crippen molar-refractivity contribution in [3.63, 3.8) is 0 Å². The molecule has 0 spiro atoms. The Morgan fingerprint density at radius 1 is 1.05 bits per heavy atom. The minimum atomic E-state index is 0.823. The predicted molar refractivity (Wildman–Crippen MR) is 83.7 cm³/mol. The minimum absolute atomic E-state index is 0.823. The molecule has 0 heterocycles. The summed E-state index contributed by atoms with van der Waals surface area (Å²) in [6, 6.07) is 12.8. The highest BCUT2D eigenvalue weighted by Crippen LogP contribution is 2.31. The van der Waals surface area contributed by atoms with E-state index in [9.17, 15) is 0 Å². The maximum Gasteiger partial charge on any atom is 0.0487 e. The van der Waals surface area contributed by atoms with Gasteiger partial charge in [0.1, 0.15) is 0 Å². The number of hydrogen-bond donors (Lipinski definition) is 1. The molecule has 0 aliphatic carbocycles. The molecule has 0 saturated heterocycles. The Morgan fingerprint density at radius 3 is 2.53 bits per heavy atom. The Hall–Kier alpha value is -1.31. The van der Waals surface area contributed by atoms with Gasteiger partial charge in [-0.1, -0.05) is 36.7 Å². The average molecular weight is 274 g/mol. The zero-order valence-corrected chi connectivity index (χ0v) is 12.5. The van der Waals surface area contributed by atoms with E-state index in [1.807, 2.05) is 6.07 Å². The van der Waals surface area contributed by atoms with Crippen LogP contribution in [0.5, 0.6) is 0 Å². The van der Waals surface area contributed by atoms with E-state index in [2.05, 4.69) is 56.4 Å². The van der Waals surface area contributed by atoms with Crippen molar-refractivity contribution in [3.8, 4) is 11.1 Å². The summed E-state index contributed by atoms with van der Waals surface area (Å²) in [6.07, 6.45) is 0. The van der Waals surface area contributed by atoms with Crippen LogP contribution in [-0.2, 0) is 6.54 Å². The first-order valence-corrected chi connectivity index (χ1v) is 7.06. The van der Waals surface area contributed by atoms with Gasteiger partial charge in [0, 0.05) is 17.1 Å². The summed E-state index contributed by atoms with van der Waals surface area (Å²) in [5.74, 6) is 0. The minimum Gasteiger partial charge on any atom is -0.313 e. The van der Waals surface area contributed by atoms with Gasteiger partial charge in [-0.05, 0) is 60.8 Å². The molecule has 2 aromatic carbocycles. The third-order valence-electron chi connectivity index (χ3n) is 3.40. The van der Waals surface area contributed by atoms with Crippen molar-refractivity contribution >= 4 is 11.6 Å². The molecular formula is C17H20ClN. The van der Waals surface area contributed by atoms with Crippen molar-refractivity contribution in [1.82, 2.24) is 5.32 Å². The third-order valence-corrected chi connectivity index (χ3v) is 3.71. The highest BCUT2D eigenvalue weighted by Gasteiger charge is 2.06. The number of halogens is 1. The second-order valence-electron chi connectivity index (χ2n) is 4.90. The van der Waals surface area contributed by atoms with Crippen LogP contribution in [0.2, 0.25) is 5.02 Å². The maximum atomic E-state index is 6.38. The lowest BCUT2D eigenvalue weighted by atomic mass is 9.99. The Bertz CT molecular complexity index is 575. The van der Waals surface area contributed by atoms with Crippen LogP contribution in [0.3, 0.4) is 0 Å². The monoisotopic (exact) mass is 273 g/mol. The molecule has 0 aliphatic rings. The van der Waals surface area contributed by atoms with E-state index in [4.69, 9.17) is 11.6 Å². The fourth-order valence-electron chi connectivity index (χ4n) is 2.12. The lowest BCUT2D eigenvalue weighted by Gasteiger charge is -2.10. The van der Waals surface area contributed by atoms with Gasteiger partial charge >= 0.3 is 0 Å². The Balaban J connectivity index is 2.38. The third kappa shape index (κ3) is 3.37. The first kappa shape index (κ1) is 14.1. The summed E-state index contributed by atoms with van der Waals surface area (Å²) in [5.41, 5.74) is 6.09. The molecule has 2 rings (SSSR count). The standard InChI is InChI=1S/C17H20ClN/c1-4-19-11-14-6-5-7-15(10-14)16-8-12(2)13(3)9-17(16)18/h5-10,19H,4,11H2,1-3H3. The molecule has 0 atom stereocenters. The van der Waals surface area contributed by atoms with E-state index in [1.165, 1.54) is 22.3 Å². The summed E-state index contributed by atoms with van der Waals surface area (Å²) < 4.78 is 0. The Morgan fingerprint density at radius 2 is 1.79 bits per heavy atom. The number of hydrogen-bond acceptors (Lipinski definition) is 1. The molecule has 0 saturated carbocycles. The number of benzene rings is 2. The van der Waals surface area contributed by atoms with Crippen LogP contribution >= 0.6 is 11.6 Å².